The van der Waals surface area contributed by atoms with Crippen molar-refractivity contribution in [3.05, 3.63) is 0 Å². The summed E-state index contributed by atoms with van der Waals surface area (Å²) in [4.78, 5) is 6.94. The van der Waals surface area contributed by atoms with Crippen LogP contribution in [0.4, 0.5) is 0 Å². The first-order chi connectivity index (χ1) is 8.13. The van der Waals surface area contributed by atoms with Gasteiger partial charge in [0, 0.05) is 26.2 Å². The number of likely N-dealkylation sites (N-methyl/N-ethyl adjacent to an activating group) is 1. The molecule has 0 aliphatic heterocycles. The number of aliphatic imine (C=N–C) groups is 1. The summed E-state index contributed by atoms with van der Waals surface area (Å²) in [6.45, 7) is 16.9. The molecular formula is C13H31IN4. The maximum absolute atomic E-state index is 4.54. The molecule has 0 unspecified atom stereocenters. The second-order valence-corrected chi connectivity index (χ2v) is 4.57. The van der Waals surface area contributed by atoms with Crippen LogP contribution >= 0.6 is 24.0 Å². The molecule has 0 amide bonds. The van der Waals surface area contributed by atoms with Gasteiger partial charge in [0.1, 0.15) is 0 Å². The van der Waals surface area contributed by atoms with E-state index in [1.165, 1.54) is 0 Å². The lowest BCUT2D eigenvalue weighted by molar-refractivity contribution is 0.308. The van der Waals surface area contributed by atoms with Gasteiger partial charge in [0.05, 0.1) is 0 Å². The summed E-state index contributed by atoms with van der Waals surface area (Å²) in [6, 6.07) is 0. The van der Waals surface area contributed by atoms with Gasteiger partial charge in [0.25, 0.3) is 0 Å². The minimum atomic E-state index is 0. The lowest BCUT2D eigenvalue weighted by Crippen LogP contribution is -2.41. The topological polar surface area (TPSA) is 39.7 Å². The summed E-state index contributed by atoms with van der Waals surface area (Å²) in [7, 11) is 0. The molecule has 4 nitrogen and oxygen atoms in total. The average Bonchev–Trinajstić information content (AvgIpc) is 2.31. The second kappa shape index (κ2) is 13.4. The Hall–Kier alpha value is -0.0400. The first-order valence-electron chi connectivity index (χ1n) is 6.88. The second-order valence-electron chi connectivity index (χ2n) is 4.57. The number of nitrogens with zero attached hydrogens (tertiary/aromatic N) is 2. The van der Waals surface area contributed by atoms with Crippen molar-refractivity contribution in [1.82, 2.24) is 15.5 Å². The fraction of sp³-hybridized carbons (Fsp3) is 0.923. The Labute approximate surface area is 130 Å². The van der Waals surface area contributed by atoms with E-state index in [1.807, 2.05) is 0 Å². The largest absolute Gasteiger partial charge is 0.357 e. The normalized spacial score (nSPS) is 11.6. The summed E-state index contributed by atoms with van der Waals surface area (Å²) < 4.78 is 0. The van der Waals surface area contributed by atoms with Gasteiger partial charge in [-0.2, -0.15) is 0 Å². The van der Waals surface area contributed by atoms with Crippen molar-refractivity contribution >= 4 is 29.9 Å². The zero-order valence-electron chi connectivity index (χ0n) is 12.6. The quantitative estimate of drug-likeness (QED) is 0.391. The van der Waals surface area contributed by atoms with Crippen LogP contribution in [0.5, 0.6) is 0 Å². The molecule has 18 heavy (non-hydrogen) atoms. The zero-order valence-corrected chi connectivity index (χ0v) is 15.0. The number of hydrogen-bond donors (Lipinski definition) is 2. The molecule has 0 bridgehead atoms. The highest BCUT2D eigenvalue weighted by Crippen LogP contribution is 1.91. The van der Waals surface area contributed by atoms with Crippen molar-refractivity contribution in [2.75, 3.05) is 39.3 Å². The van der Waals surface area contributed by atoms with E-state index in [2.05, 4.69) is 55.1 Å². The summed E-state index contributed by atoms with van der Waals surface area (Å²) in [5, 5.41) is 6.64. The zero-order chi connectivity index (χ0) is 13.1. The smallest absolute Gasteiger partial charge is 0.191 e. The highest BCUT2D eigenvalue weighted by molar-refractivity contribution is 14.0. The first-order valence-corrected chi connectivity index (χ1v) is 6.88. The van der Waals surface area contributed by atoms with E-state index < -0.39 is 0 Å². The lowest BCUT2D eigenvalue weighted by atomic mass is 10.2. The molecule has 0 saturated heterocycles. The van der Waals surface area contributed by atoms with Crippen LogP contribution in [0.1, 0.15) is 34.6 Å². The number of hydrogen-bond acceptors (Lipinski definition) is 2. The predicted molar refractivity (Wildman–Crippen MR) is 92.0 cm³/mol. The van der Waals surface area contributed by atoms with Gasteiger partial charge in [-0.05, 0) is 25.9 Å². The molecule has 0 atom stereocenters. The molecule has 0 heterocycles. The van der Waals surface area contributed by atoms with Gasteiger partial charge in [-0.15, -0.1) is 24.0 Å². The molecule has 110 valence electrons. The fourth-order valence-electron chi connectivity index (χ4n) is 1.49. The Morgan fingerprint density at radius 3 is 2.17 bits per heavy atom. The minimum Gasteiger partial charge on any atom is -0.357 e. The average molecular weight is 370 g/mol. The Morgan fingerprint density at radius 2 is 1.72 bits per heavy atom. The van der Waals surface area contributed by atoms with Gasteiger partial charge < -0.3 is 15.5 Å². The molecule has 0 fully saturated rings. The molecule has 0 aromatic carbocycles. The summed E-state index contributed by atoms with van der Waals surface area (Å²) >= 11 is 0. The van der Waals surface area contributed by atoms with E-state index in [0.717, 1.165) is 45.2 Å². The van der Waals surface area contributed by atoms with Gasteiger partial charge in [-0.3, -0.25) is 4.99 Å². The van der Waals surface area contributed by atoms with Crippen molar-refractivity contribution in [3.63, 3.8) is 0 Å². The number of guanidine groups is 1. The molecule has 5 heteroatoms. The molecule has 0 aliphatic rings. The van der Waals surface area contributed by atoms with Crippen LogP contribution in [0.25, 0.3) is 0 Å². The Bertz CT molecular complexity index is 203. The van der Waals surface area contributed by atoms with Gasteiger partial charge in [0.15, 0.2) is 5.96 Å². The standard InChI is InChI=1S/C13H30N4.HI/c1-6-14-13(16-11-12(4)5)15-9-10-17(7-2)8-3;/h12H,6-11H2,1-5H3,(H2,14,15,16);1H. The van der Waals surface area contributed by atoms with Crippen LogP contribution in [0.3, 0.4) is 0 Å². The van der Waals surface area contributed by atoms with Crippen LogP contribution in [0, 0.1) is 5.92 Å². The van der Waals surface area contributed by atoms with Crippen LogP contribution < -0.4 is 10.6 Å². The van der Waals surface area contributed by atoms with Crippen molar-refractivity contribution in [2.45, 2.75) is 34.6 Å². The van der Waals surface area contributed by atoms with Gasteiger partial charge in [-0.1, -0.05) is 27.7 Å². The molecule has 2 N–H and O–H groups in total. The maximum atomic E-state index is 4.54. The van der Waals surface area contributed by atoms with Gasteiger partial charge in [-0.25, -0.2) is 0 Å². The lowest BCUT2D eigenvalue weighted by Gasteiger charge is -2.19. The summed E-state index contributed by atoms with van der Waals surface area (Å²) in [6.07, 6.45) is 0. The van der Waals surface area contributed by atoms with E-state index in [1.54, 1.807) is 0 Å². The van der Waals surface area contributed by atoms with E-state index >= 15 is 0 Å². The molecule has 0 aliphatic carbocycles. The number of nitrogens with one attached hydrogen (secondary N) is 2. The van der Waals surface area contributed by atoms with E-state index in [0.29, 0.717) is 5.92 Å². The fourth-order valence-corrected chi connectivity index (χ4v) is 1.49. The van der Waals surface area contributed by atoms with Crippen LogP contribution in [0.2, 0.25) is 0 Å². The molecule has 0 spiro atoms. The highest BCUT2D eigenvalue weighted by atomic mass is 127. The van der Waals surface area contributed by atoms with Crippen LogP contribution in [0.15, 0.2) is 4.99 Å². The molecule has 0 aromatic heterocycles. The Morgan fingerprint density at radius 1 is 1.11 bits per heavy atom. The third-order valence-electron chi connectivity index (χ3n) is 2.57. The molecule has 0 aromatic rings. The third-order valence-corrected chi connectivity index (χ3v) is 2.57. The predicted octanol–water partition coefficient (Wildman–Crippen LogP) is 2.16. The van der Waals surface area contributed by atoms with Crippen molar-refractivity contribution < 1.29 is 0 Å². The molecule has 0 rings (SSSR count). The summed E-state index contributed by atoms with van der Waals surface area (Å²) in [5.74, 6) is 1.54. The molecule has 0 saturated carbocycles. The monoisotopic (exact) mass is 370 g/mol. The molecular weight excluding hydrogens is 339 g/mol. The van der Waals surface area contributed by atoms with Crippen molar-refractivity contribution in [2.24, 2.45) is 10.9 Å². The summed E-state index contributed by atoms with van der Waals surface area (Å²) in [5.41, 5.74) is 0. The molecule has 0 radical (unpaired) electrons. The Balaban J connectivity index is 0. The van der Waals surface area contributed by atoms with Crippen molar-refractivity contribution in [3.8, 4) is 0 Å². The highest BCUT2D eigenvalue weighted by Gasteiger charge is 2.00. The first kappa shape index (κ1) is 20.3. The van der Waals surface area contributed by atoms with E-state index in [-0.39, 0.29) is 24.0 Å². The number of rotatable bonds is 8. The Kier molecular flexibility index (Phi) is 15.1. The van der Waals surface area contributed by atoms with E-state index in [9.17, 15) is 0 Å². The van der Waals surface area contributed by atoms with Crippen LogP contribution in [-0.2, 0) is 0 Å². The minimum absolute atomic E-state index is 0. The van der Waals surface area contributed by atoms with Crippen molar-refractivity contribution in [1.29, 1.82) is 0 Å². The SMILES string of the molecule is CCNC(=NCC(C)C)NCCN(CC)CC.I. The van der Waals surface area contributed by atoms with E-state index in [4.69, 9.17) is 0 Å². The number of halogens is 1. The van der Waals surface area contributed by atoms with Crippen LogP contribution in [-0.4, -0.2) is 50.1 Å². The van der Waals surface area contributed by atoms with Gasteiger partial charge >= 0.3 is 0 Å². The van der Waals surface area contributed by atoms with Gasteiger partial charge in [0.2, 0.25) is 0 Å². The maximum Gasteiger partial charge on any atom is 0.191 e. The third kappa shape index (κ3) is 11.1.